The summed E-state index contributed by atoms with van der Waals surface area (Å²) in [5, 5.41) is 9.51. The van der Waals surface area contributed by atoms with Crippen LogP contribution in [0.4, 0.5) is 0 Å². The highest BCUT2D eigenvalue weighted by molar-refractivity contribution is 8.15. The van der Waals surface area contributed by atoms with Crippen molar-refractivity contribution >= 4 is 52.3 Å². The van der Waals surface area contributed by atoms with Gasteiger partial charge in [-0.1, -0.05) is 41.0 Å². The van der Waals surface area contributed by atoms with Crippen LogP contribution >= 0.6 is 35.0 Å². The lowest BCUT2D eigenvalue weighted by molar-refractivity contribution is -0.125. The van der Waals surface area contributed by atoms with Gasteiger partial charge in [0, 0.05) is 16.6 Å². The lowest BCUT2D eigenvalue weighted by atomic mass is 10.1. The Kier molecular flexibility index (Phi) is 6.19. The molecule has 1 aliphatic heterocycles. The molecule has 1 aliphatic rings. The third-order valence-electron chi connectivity index (χ3n) is 3.62. The van der Waals surface area contributed by atoms with Gasteiger partial charge in [0.2, 0.25) is 5.91 Å². The zero-order valence-corrected chi connectivity index (χ0v) is 16.0. The van der Waals surface area contributed by atoms with Crippen molar-refractivity contribution in [1.82, 2.24) is 4.90 Å². The number of hydrogen-bond donors (Lipinski definition) is 0. The Morgan fingerprint density at radius 1 is 1.35 bits per heavy atom. The number of amides is 1. The van der Waals surface area contributed by atoms with E-state index in [1.54, 1.807) is 47.6 Å². The molecule has 5 nitrogen and oxygen atoms in total. The van der Waals surface area contributed by atoms with Crippen molar-refractivity contribution in [1.29, 1.82) is 0 Å². The highest BCUT2D eigenvalue weighted by atomic mass is 35.5. The Bertz CT molecular complexity index is 865. The van der Waals surface area contributed by atoms with Crippen molar-refractivity contribution in [3.63, 3.8) is 0 Å². The van der Waals surface area contributed by atoms with Crippen LogP contribution in [0.15, 0.2) is 63.9 Å². The Morgan fingerprint density at radius 3 is 2.92 bits per heavy atom. The summed E-state index contributed by atoms with van der Waals surface area (Å²) in [6.07, 6.45) is 5.15. The van der Waals surface area contributed by atoms with Gasteiger partial charge in [-0.05, 0) is 42.3 Å². The van der Waals surface area contributed by atoms with Crippen LogP contribution in [0.2, 0.25) is 10.0 Å². The van der Waals surface area contributed by atoms with E-state index in [4.69, 9.17) is 27.6 Å². The summed E-state index contributed by atoms with van der Waals surface area (Å²) in [6, 6.07) is 8.75. The number of thioether (sulfide) groups is 1. The van der Waals surface area contributed by atoms with Gasteiger partial charge in [0.25, 0.3) is 0 Å². The molecule has 0 spiro atoms. The van der Waals surface area contributed by atoms with Crippen LogP contribution in [-0.2, 0) is 11.2 Å². The minimum Gasteiger partial charge on any atom is -0.463 e. The van der Waals surface area contributed by atoms with E-state index in [1.165, 1.54) is 18.0 Å². The number of rotatable bonds is 6. The molecule has 2 heterocycles. The van der Waals surface area contributed by atoms with Gasteiger partial charge < -0.3 is 4.42 Å². The van der Waals surface area contributed by atoms with Crippen molar-refractivity contribution in [2.45, 2.75) is 11.7 Å². The largest absolute Gasteiger partial charge is 0.463 e. The molecule has 0 aliphatic carbocycles. The highest BCUT2D eigenvalue weighted by Crippen LogP contribution is 2.32. The molecule has 8 heteroatoms. The fourth-order valence-corrected chi connectivity index (χ4v) is 3.93. The third kappa shape index (κ3) is 4.38. The normalized spacial score (nSPS) is 19.0. The molecule has 0 bridgehead atoms. The van der Waals surface area contributed by atoms with Crippen molar-refractivity contribution < 1.29 is 9.21 Å². The fourth-order valence-electron chi connectivity index (χ4n) is 2.41. The number of halogens is 2. The molecule has 0 N–H and O–H groups in total. The highest BCUT2D eigenvalue weighted by Gasteiger charge is 2.37. The lowest BCUT2D eigenvalue weighted by Gasteiger charge is -2.13. The summed E-state index contributed by atoms with van der Waals surface area (Å²) in [5.74, 6) is 0.527. The molecular formula is C18H15Cl2N3O2S. The lowest BCUT2D eigenvalue weighted by Crippen LogP contribution is -2.32. The van der Waals surface area contributed by atoms with Crippen LogP contribution in [-0.4, -0.2) is 34.0 Å². The van der Waals surface area contributed by atoms with Gasteiger partial charge in [0.15, 0.2) is 5.17 Å². The summed E-state index contributed by atoms with van der Waals surface area (Å²) >= 11 is 13.6. The Hall–Kier alpha value is -2.02. The van der Waals surface area contributed by atoms with E-state index in [0.29, 0.717) is 33.9 Å². The number of carbonyl (C=O) groups is 1. The molecule has 1 saturated heterocycles. The molecule has 1 atom stereocenters. The van der Waals surface area contributed by atoms with E-state index in [0.717, 1.165) is 5.56 Å². The van der Waals surface area contributed by atoms with Gasteiger partial charge in [-0.3, -0.25) is 9.69 Å². The van der Waals surface area contributed by atoms with Crippen LogP contribution in [0.25, 0.3) is 0 Å². The predicted octanol–water partition coefficient (Wildman–Crippen LogP) is 4.65. The number of benzene rings is 1. The molecule has 0 saturated carbocycles. The number of hydrogen-bond acceptors (Lipinski definition) is 5. The van der Waals surface area contributed by atoms with Crippen LogP contribution in [0, 0.1) is 0 Å². The molecule has 2 aromatic rings. The maximum atomic E-state index is 12.7. The van der Waals surface area contributed by atoms with Crippen molar-refractivity contribution in [3.8, 4) is 0 Å². The van der Waals surface area contributed by atoms with Crippen LogP contribution in [0.1, 0.15) is 11.3 Å². The molecule has 3 rings (SSSR count). The second-order valence-corrected chi connectivity index (χ2v) is 7.44. The van der Waals surface area contributed by atoms with E-state index in [-0.39, 0.29) is 11.2 Å². The first-order valence-electron chi connectivity index (χ1n) is 7.76. The number of furan rings is 1. The second kappa shape index (κ2) is 8.58. The molecule has 26 heavy (non-hydrogen) atoms. The van der Waals surface area contributed by atoms with Gasteiger partial charge in [-0.2, -0.15) is 5.10 Å². The van der Waals surface area contributed by atoms with Gasteiger partial charge in [-0.15, -0.1) is 11.7 Å². The average molecular weight is 408 g/mol. The molecule has 1 aromatic heterocycles. The number of nitrogens with zero attached hydrogens (tertiary/aromatic N) is 3. The Balaban J connectivity index is 1.79. The maximum Gasteiger partial charge on any atom is 0.242 e. The summed E-state index contributed by atoms with van der Waals surface area (Å²) < 4.78 is 5.17. The van der Waals surface area contributed by atoms with Crippen molar-refractivity contribution in [2.24, 2.45) is 10.2 Å². The Morgan fingerprint density at radius 2 is 2.19 bits per heavy atom. The minimum absolute atomic E-state index is 0.0575. The van der Waals surface area contributed by atoms with Gasteiger partial charge in [0.1, 0.15) is 5.76 Å². The van der Waals surface area contributed by atoms with Crippen molar-refractivity contribution in [2.75, 3.05) is 6.54 Å². The second-order valence-electron chi connectivity index (χ2n) is 5.43. The Labute approximate surface area is 165 Å². The SMILES string of the molecule is C=CCN1C(=O)[C@H](Cc2cc(Cl)ccc2Cl)S/C1=N/N=C/c1ccco1. The first-order chi connectivity index (χ1) is 12.6. The molecule has 1 amide bonds. The zero-order valence-electron chi connectivity index (χ0n) is 13.6. The quantitative estimate of drug-likeness (QED) is 0.397. The van der Waals surface area contributed by atoms with E-state index >= 15 is 0 Å². The number of amidine groups is 1. The van der Waals surface area contributed by atoms with Gasteiger partial charge in [-0.25, -0.2) is 0 Å². The molecule has 134 valence electrons. The first-order valence-corrected chi connectivity index (χ1v) is 9.39. The molecular weight excluding hydrogens is 393 g/mol. The molecule has 1 fully saturated rings. The van der Waals surface area contributed by atoms with Gasteiger partial charge in [0.05, 0.1) is 17.7 Å². The first kappa shape index (κ1) is 18.8. The summed E-state index contributed by atoms with van der Waals surface area (Å²) in [4.78, 5) is 14.3. The van der Waals surface area contributed by atoms with E-state index in [1.807, 2.05) is 0 Å². The minimum atomic E-state index is -0.344. The van der Waals surface area contributed by atoms with Crippen LogP contribution < -0.4 is 0 Å². The van der Waals surface area contributed by atoms with Crippen LogP contribution in [0.5, 0.6) is 0 Å². The monoisotopic (exact) mass is 407 g/mol. The van der Waals surface area contributed by atoms with E-state index < -0.39 is 0 Å². The fraction of sp³-hybridized carbons (Fsp3) is 0.167. The topological polar surface area (TPSA) is 58.2 Å². The maximum absolute atomic E-state index is 12.7. The predicted molar refractivity (Wildman–Crippen MR) is 107 cm³/mol. The summed E-state index contributed by atoms with van der Waals surface area (Å²) in [5.41, 5.74) is 0.823. The van der Waals surface area contributed by atoms with Crippen molar-refractivity contribution in [3.05, 3.63) is 70.6 Å². The van der Waals surface area contributed by atoms with Crippen LogP contribution in [0.3, 0.4) is 0 Å². The summed E-state index contributed by atoms with van der Waals surface area (Å²) in [7, 11) is 0. The smallest absolute Gasteiger partial charge is 0.242 e. The molecule has 0 unspecified atom stereocenters. The zero-order chi connectivity index (χ0) is 18.5. The standard InChI is InChI=1S/C18H15Cl2N3O2S/c1-2-7-23-17(24)16(10-12-9-13(19)5-6-15(12)20)26-18(23)22-21-11-14-4-3-8-25-14/h2-6,8-9,11,16H,1,7,10H2/b21-11+,22-18+/t16-/m0/s1. The summed E-state index contributed by atoms with van der Waals surface area (Å²) in [6.45, 7) is 4.06. The molecule has 0 radical (unpaired) electrons. The van der Waals surface area contributed by atoms with Gasteiger partial charge >= 0.3 is 0 Å². The number of carbonyl (C=O) groups excluding carboxylic acids is 1. The molecule has 1 aromatic carbocycles. The van der Waals surface area contributed by atoms with E-state index in [2.05, 4.69) is 16.8 Å². The van der Waals surface area contributed by atoms with E-state index in [9.17, 15) is 4.79 Å². The third-order valence-corrected chi connectivity index (χ3v) is 5.39. The average Bonchev–Trinajstić information content (AvgIpc) is 3.23.